The molecule has 0 spiro atoms. The summed E-state index contributed by atoms with van der Waals surface area (Å²) < 4.78 is 97.5. The Labute approximate surface area is 190 Å². The molecule has 1 aromatic carbocycles. The van der Waals surface area contributed by atoms with Crippen molar-refractivity contribution < 1.29 is 31.2 Å². The summed E-state index contributed by atoms with van der Waals surface area (Å²) in [4.78, 5) is 12.8. The van der Waals surface area contributed by atoms with E-state index in [9.17, 15) is 18.3 Å². The van der Waals surface area contributed by atoms with Gasteiger partial charge in [0.25, 0.3) is 0 Å². The van der Waals surface area contributed by atoms with Crippen LogP contribution in [0.25, 0.3) is 11.2 Å². The van der Waals surface area contributed by atoms with E-state index in [4.69, 9.17) is 13.0 Å². The van der Waals surface area contributed by atoms with Gasteiger partial charge in [-0.1, -0.05) is 0 Å². The van der Waals surface area contributed by atoms with Crippen LogP contribution in [0.1, 0.15) is 46.3 Å². The molecular formula is C21H23F3N6O2. The van der Waals surface area contributed by atoms with E-state index in [0.29, 0.717) is 25.2 Å². The van der Waals surface area contributed by atoms with E-state index < -0.39 is 60.8 Å². The zero-order chi connectivity index (χ0) is 27.6. The highest BCUT2D eigenvalue weighted by Gasteiger charge is 2.27. The first kappa shape index (κ1) is 15.0. The second kappa shape index (κ2) is 8.55. The Kier molecular flexibility index (Phi) is 4.01. The van der Waals surface area contributed by atoms with Crippen molar-refractivity contribution in [2.75, 3.05) is 23.8 Å². The largest absolute Gasteiger partial charge is 0.393 e. The van der Waals surface area contributed by atoms with Gasteiger partial charge in [0.2, 0.25) is 11.9 Å². The van der Waals surface area contributed by atoms with Gasteiger partial charge in [-0.3, -0.25) is 4.57 Å². The van der Waals surface area contributed by atoms with Crippen LogP contribution in [0, 0.1) is 17.5 Å². The first-order valence-electron chi connectivity index (χ1n) is 13.1. The molecule has 3 aromatic rings. The smallest absolute Gasteiger partial charge is 0.224 e. The quantitative estimate of drug-likeness (QED) is 0.541. The molecule has 0 bridgehead atoms. The van der Waals surface area contributed by atoms with Crippen LogP contribution in [-0.4, -0.2) is 50.0 Å². The third kappa shape index (κ3) is 4.09. The minimum atomic E-state index is -2.97. The highest BCUT2D eigenvalue weighted by Crippen LogP contribution is 2.32. The predicted octanol–water partition coefficient (Wildman–Crippen LogP) is 3.66. The van der Waals surface area contributed by atoms with E-state index in [2.05, 4.69) is 25.6 Å². The van der Waals surface area contributed by atoms with Crippen LogP contribution in [0.3, 0.4) is 0 Å². The second-order valence-electron chi connectivity index (χ2n) is 7.32. The summed E-state index contributed by atoms with van der Waals surface area (Å²) in [6.45, 7) is 0.634. The standard InChI is InChI=1S/C21H23F3N6O2/c22-11-7-15(23)18(16(24)8-11)28-21-27-17-9-25-20(26-12-1-3-14(31)4-2-12)29-19(17)30(21)13-5-6-32-10-13/h7-9,12-14,31H,1-6,10H2,(H,27,28)(H,25,26,29)/i1D,2D,3D,4D2,14D. The number of rotatable bonds is 5. The Morgan fingerprint density at radius 3 is 2.75 bits per heavy atom. The molecule has 1 aliphatic carbocycles. The number of aliphatic hydroxyl groups is 1. The number of anilines is 3. The second-order valence-corrected chi connectivity index (χ2v) is 7.32. The van der Waals surface area contributed by atoms with E-state index in [1.54, 1.807) is 0 Å². The Balaban J connectivity index is 1.53. The summed E-state index contributed by atoms with van der Waals surface area (Å²) >= 11 is 0. The molecule has 5 rings (SSSR count). The number of aromatic nitrogens is 4. The van der Waals surface area contributed by atoms with Crippen molar-refractivity contribution in [2.24, 2.45) is 0 Å². The third-order valence-corrected chi connectivity index (χ3v) is 5.12. The van der Waals surface area contributed by atoms with Crippen LogP contribution in [0.4, 0.5) is 30.8 Å². The van der Waals surface area contributed by atoms with Crippen molar-refractivity contribution in [3.63, 3.8) is 0 Å². The molecule has 3 N–H and O–H groups in total. The van der Waals surface area contributed by atoms with Gasteiger partial charge in [0.05, 0.1) is 26.3 Å². The Morgan fingerprint density at radius 2 is 2.00 bits per heavy atom. The SMILES string of the molecule is [2H]C1C(Nc2ncc3nc(Nc4c(F)cc(F)cc4F)n(C4CCOC4)c3n2)C([2H])C([2H])([2H])C([2H])(O)C1[2H]. The topological polar surface area (TPSA) is 97.1 Å². The van der Waals surface area contributed by atoms with E-state index in [0.717, 1.165) is 0 Å². The fraction of sp³-hybridized carbons (Fsp3) is 0.476. The van der Waals surface area contributed by atoms with Gasteiger partial charge in [0.1, 0.15) is 17.0 Å². The first-order valence-corrected chi connectivity index (χ1v) is 9.83. The number of halogens is 3. The van der Waals surface area contributed by atoms with Gasteiger partial charge in [0, 0.05) is 31.6 Å². The van der Waals surface area contributed by atoms with Crippen LogP contribution in [0.5, 0.6) is 0 Å². The summed E-state index contributed by atoms with van der Waals surface area (Å²) in [5.41, 5.74) is -0.239. The van der Waals surface area contributed by atoms with Gasteiger partial charge in [-0.2, -0.15) is 4.98 Å². The molecule has 6 unspecified atom stereocenters. The first-order chi connectivity index (χ1) is 17.8. The van der Waals surface area contributed by atoms with Crippen molar-refractivity contribution in [3.8, 4) is 0 Å². The van der Waals surface area contributed by atoms with Crippen molar-refractivity contribution in [2.45, 2.75) is 50.1 Å². The third-order valence-electron chi connectivity index (χ3n) is 5.12. The molecule has 3 heterocycles. The number of benzene rings is 1. The molecule has 8 nitrogen and oxygen atoms in total. The van der Waals surface area contributed by atoms with E-state index in [1.807, 2.05) is 0 Å². The van der Waals surface area contributed by atoms with Gasteiger partial charge in [-0.25, -0.2) is 23.1 Å². The molecular weight excluding hydrogens is 425 g/mol. The van der Waals surface area contributed by atoms with Crippen molar-refractivity contribution in [3.05, 3.63) is 35.8 Å². The number of imidazole rings is 1. The lowest BCUT2D eigenvalue weighted by atomic mass is 9.93. The minimum Gasteiger partial charge on any atom is -0.393 e. The molecule has 0 radical (unpaired) electrons. The molecule has 11 heteroatoms. The van der Waals surface area contributed by atoms with Crippen LogP contribution in [0.15, 0.2) is 18.3 Å². The molecule has 1 saturated heterocycles. The predicted molar refractivity (Wildman–Crippen MR) is 111 cm³/mol. The Hall–Kier alpha value is -2.92. The molecule has 6 atom stereocenters. The molecule has 32 heavy (non-hydrogen) atoms. The monoisotopic (exact) mass is 454 g/mol. The van der Waals surface area contributed by atoms with Gasteiger partial charge in [-0.15, -0.1) is 0 Å². The maximum Gasteiger partial charge on any atom is 0.224 e. The number of nitrogens with one attached hydrogen (secondary N) is 2. The van der Waals surface area contributed by atoms with Gasteiger partial charge >= 0.3 is 0 Å². The summed E-state index contributed by atoms with van der Waals surface area (Å²) in [5, 5.41) is 15.4. The number of fused-ring (bicyclic) bond motifs is 1. The molecule has 1 saturated carbocycles. The molecule has 170 valence electrons. The summed E-state index contributed by atoms with van der Waals surface area (Å²) in [6, 6.07) is -0.673. The van der Waals surface area contributed by atoms with Gasteiger partial charge in [0.15, 0.2) is 17.3 Å². The lowest BCUT2D eigenvalue weighted by molar-refractivity contribution is 0.126. The maximum absolute atomic E-state index is 14.4. The summed E-state index contributed by atoms with van der Waals surface area (Å²) in [7, 11) is 0. The summed E-state index contributed by atoms with van der Waals surface area (Å²) in [6.07, 6.45) is -9.31. The van der Waals surface area contributed by atoms with Crippen molar-refractivity contribution in [1.29, 1.82) is 0 Å². The van der Waals surface area contributed by atoms with Crippen LogP contribution in [-0.2, 0) is 4.74 Å². The Bertz CT molecular complexity index is 1350. The molecule has 2 fully saturated rings. The maximum atomic E-state index is 14.4. The minimum absolute atomic E-state index is 0.0254. The fourth-order valence-corrected chi connectivity index (χ4v) is 3.61. The Morgan fingerprint density at radius 1 is 1.19 bits per heavy atom. The lowest BCUT2D eigenvalue weighted by Crippen LogP contribution is -2.29. The van der Waals surface area contributed by atoms with Gasteiger partial charge in [-0.05, 0) is 32.0 Å². The highest BCUT2D eigenvalue weighted by molar-refractivity contribution is 5.76. The number of nitrogens with zero attached hydrogens (tertiary/aromatic N) is 4. The zero-order valence-corrected chi connectivity index (χ0v) is 16.5. The van der Waals surface area contributed by atoms with Crippen LogP contribution >= 0.6 is 0 Å². The van der Waals surface area contributed by atoms with Crippen LogP contribution in [0.2, 0.25) is 0 Å². The van der Waals surface area contributed by atoms with Crippen molar-refractivity contribution >= 4 is 28.7 Å². The molecule has 0 amide bonds. The number of hydrogen-bond acceptors (Lipinski definition) is 7. The van der Waals surface area contributed by atoms with Crippen molar-refractivity contribution in [1.82, 2.24) is 19.5 Å². The normalized spacial score (nSPS) is 37.1. The van der Waals surface area contributed by atoms with Crippen LogP contribution < -0.4 is 10.6 Å². The fourth-order valence-electron chi connectivity index (χ4n) is 3.61. The average Bonchev–Trinajstić information content (AvgIpc) is 3.49. The highest BCUT2D eigenvalue weighted by atomic mass is 19.1. The van der Waals surface area contributed by atoms with E-state index in [-0.39, 0.29) is 35.7 Å². The molecule has 2 aliphatic rings. The van der Waals surface area contributed by atoms with Gasteiger partial charge < -0.3 is 20.5 Å². The average molecular weight is 454 g/mol. The number of hydrogen-bond donors (Lipinski definition) is 3. The van der Waals surface area contributed by atoms with E-state index in [1.165, 1.54) is 10.8 Å². The lowest BCUT2D eigenvalue weighted by Gasteiger charge is -2.26. The van der Waals surface area contributed by atoms with E-state index >= 15 is 0 Å². The zero-order valence-electron chi connectivity index (χ0n) is 22.5. The summed E-state index contributed by atoms with van der Waals surface area (Å²) in [5.74, 6) is -3.61. The number of ether oxygens (including phenoxy) is 1. The molecule has 1 aliphatic heterocycles. The molecule has 2 aromatic heterocycles.